The molecule has 2 aliphatic rings. The number of hydrogen-bond acceptors (Lipinski definition) is 4. The van der Waals surface area contributed by atoms with Crippen molar-refractivity contribution in [2.75, 3.05) is 24.5 Å². The summed E-state index contributed by atoms with van der Waals surface area (Å²) < 4.78 is 6.15. The molecule has 2 fully saturated rings. The summed E-state index contributed by atoms with van der Waals surface area (Å²) in [5.41, 5.74) is 1.95. The molecule has 0 spiro atoms. The summed E-state index contributed by atoms with van der Waals surface area (Å²) in [5.74, 6) is 1.09. The smallest absolute Gasteiger partial charge is 0.244 e. The van der Waals surface area contributed by atoms with Crippen LogP contribution in [-0.4, -0.2) is 47.6 Å². The lowest BCUT2D eigenvalue weighted by atomic mass is 10.0. The number of amides is 1. The van der Waals surface area contributed by atoms with Gasteiger partial charge >= 0.3 is 0 Å². The number of pyridine rings is 1. The molecule has 0 bridgehead atoms. The van der Waals surface area contributed by atoms with Crippen LogP contribution in [0, 0.1) is 6.92 Å². The molecule has 1 amide bonds. The van der Waals surface area contributed by atoms with Crippen LogP contribution < -0.4 is 9.64 Å². The van der Waals surface area contributed by atoms with Crippen LogP contribution in [0.15, 0.2) is 42.7 Å². The number of likely N-dealkylation sites (tertiary alicyclic amines) is 1. The van der Waals surface area contributed by atoms with E-state index in [4.69, 9.17) is 16.3 Å². The molecule has 142 valence electrons. The number of aryl methyl sites for hydroxylation is 1. The lowest BCUT2D eigenvalue weighted by Crippen LogP contribution is -2.47. The number of carbonyl (C=O) groups is 1. The van der Waals surface area contributed by atoms with E-state index in [0.717, 1.165) is 55.9 Å². The Bertz CT molecular complexity index is 821. The first-order valence-electron chi connectivity index (χ1n) is 9.50. The lowest BCUT2D eigenvalue weighted by molar-refractivity contribution is -0.122. The molecule has 0 N–H and O–H groups in total. The van der Waals surface area contributed by atoms with Crippen LogP contribution in [0.1, 0.15) is 24.8 Å². The highest BCUT2D eigenvalue weighted by Crippen LogP contribution is 2.29. The van der Waals surface area contributed by atoms with Crippen LogP contribution in [-0.2, 0) is 4.79 Å². The highest BCUT2D eigenvalue weighted by atomic mass is 35.5. The van der Waals surface area contributed by atoms with Gasteiger partial charge in [0.2, 0.25) is 5.91 Å². The van der Waals surface area contributed by atoms with Crippen LogP contribution in [0.3, 0.4) is 0 Å². The van der Waals surface area contributed by atoms with E-state index in [1.54, 1.807) is 6.20 Å². The number of anilines is 1. The van der Waals surface area contributed by atoms with Gasteiger partial charge in [0.1, 0.15) is 11.9 Å². The fourth-order valence-corrected chi connectivity index (χ4v) is 4.17. The molecule has 2 aliphatic heterocycles. The molecule has 27 heavy (non-hydrogen) atoms. The van der Waals surface area contributed by atoms with E-state index in [1.165, 1.54) is 0 Å². The van der Waals surface area contributed by atoms with Crippen LogP contribution in [0.4, 0.5) is 5.69 Å². The van der Waals surface area contributed by atoms with Gasteiger partial charge in [0, 0.05) is 48.3 Å². The van der Waals surface area contributed by atoms with E-state index in [2.05, 4.69) is 9.88 Å². The third kappa shape index (κ3) is 3.94. The van der Waals surface area contributed by atoms with Gasteiger partial charge in [-0.15, -0.1) is 0 Å². The molecule has 0 aliphatic carbocycles. The zero-order chi connectivity index (χ0) is 18.8. The first kappa shape index (κ1) is 18.3. The van der Waals surface area contributed by atoms with Crippen molar-refractivity contribution >= 4 is 23.2 Å². The second kappa shape index (κ2) is 7.87. The van der Waals surface area contributed by atoms with Crippen molar-refractivity contribution in [3.8, 4) is 5.75 Å². The zero-order valence-electron chi connectivity index (χ0n) is 15.5. The van der Waals surface area contributed by atoms with Crippen molar-refractivity contribution in [3.05, 3.63) is 53.3 Å². The second-order valence-corrected chi connectivity index (χ2v) is 7.71. The molecule has 3 heterocycles. The van der Waals surface area contributed by atoms with Crippen molar-refractivity contribution < 1.29 is 9.53 Å². The Hall–Kier alpha value is -2.11. The third-order valence-corrected chi connectivity index (χ3v) is 5.71. The number of carbonyl (C=O) groups excluding carboxylic acids is 1. The first-order chi connectivity index (χ1) is 13.1. The molecule has 4 rings (SSSR count). The van der Waals surface area contributed by atoms with Crippen LogP contribution in [0.2, 0.25) is 5.02 Å². The minimum absolute atomic E-state index is 0.0346. The molecule has 6 heteroatoms. The average molecular weight is 386 g/mol. The van der Waals surface area contributed by atoms with E-state index >= 15 is 0 Å². The van der Waals surface area contributed by atoms with Gasteiger partial charge in [-0.3, -0.25) is 14.7 Å². The monoisotopic (exact) mass is 385 g/mol. The van der Waals surface area contributed by atoms with Crippen LogP contribution >= 0.6 is 11.6 Å². The highest BCUT2D eigenvalue weighted by molar-refractivity contribution is 6.31. The number of nitrogens with zero attached hydrogens (tertiary/aromatic N) is 3. The van der Waals surface area contributed by atoms with Gasteiger partial charge in [-0.25, -0.2) is 0 Å². The van der Waals surface area contributed by atoms with E-state index in [0.29, 0.717) is 5.02 Å². The molecule has 5 nitrogen and oxygen atoms in total. The number of benzene rings is 1. The van der Waals surface area contributed by atoms with E-state index in [9.17, 15) is 4.79 Å². The lowest BCUT2D eigenvalue weighted by Gasteiger charge is -2.35. The Morgan fingerprint density at radius 1 is 1.15 bits per heavy atom. The molecule has 1 atom stereocenters. The Labute approximate surface area is 164 Å². The molecular formula is C21H24ClN3O2. The largest absolute Gasteiger partial charge is 0.490 e. The fourth-order valence-electron chi connectivity index (χ4n) is 3.98. The number of rotatable bonds is 4. The Morgan fingerprint density at radius 2 is 1.96 bits per heavy atom. The van der Waals surface area contributed by atoms with Crippen molar-refractivity contribution in [1.29, 1.82) is 0 Å². The molecule has 0 saturated carbocycles. The summed E-state index contributed by atoms with van der Waals surface area (Å²) in [4.78, 5) is 21.2. The van der Waals surface area contributed by atoms with E-state index in [1.807, 2.05) is 48.4 Å². The van der Waals surface area contributed by atoms with Gasteiger partial charge < -0.3 is 9.64 Å². The van der Waals surface area contributed by atoms with Crippen LogP contribution in [0.5, 0.6) is 5.75 Å². The number of aromatic nitrogens is 1. The second-order valence-electron chi connectivity index (χ2n) is 7.27. The van der Waals surface area contributed by atoms with Crippen molar-refractivity contribution in [2.45, 2.75) is 38.3 Å². The molecule has 0 radical (unpaired) electrons. The summed E-state index contributed by atoms with van der Waals surface area (Å²) >= 11 is 6.08. The Morgan fingerprint density at radius 3 is 2.70 bits per heavy atom. The zero-order valence-corrected chi connectivity index (χ0v) is 16.2. The molecule has 2 saturated heterocycles. The third-order valence-electron chi connectivity index (χ3n) is 5.48. The van der Waals surface area contributed by atoms with Gasteiger partial charge in [-0.2, -0.15) is 0 Å². The minimum Gasteiger partial charge on any atom is -0.490 e. The maximum atomic E-state index is 12.9. The van der Waals surface area contributed by atoms with Gasteiger partial charge in [-0.05, 0) is 50.5 Å². The minimum atomic E-state index is -0.0346. The normalized spacial score (nSPS) is 21.6. The molecular weight excluding hydrogens is 362 g/mol. The van der Waals surface area contributed by atoms with Crippen molar-refractivity contribution in [2.24, 2.45) is 0 Å². The molecule has 1 aromatic heterocycles. The summed E-state index contributed by atoms with van der Waals surface area (Å²) in [5, 5.41) is 0.660. The molecule has 0 unspecified atom stereocenters. The summed E-state index contributed by atoms with van der Waals surface area (Å²) in [6.45, 7) is 4.53. The Balaban J connectivity index is 1.35. The van der Waals surface area contributed by atoms with Crippen molar-refractivity contribution in [1.82, 2.24) is 9.88 Å². The van der Waals surface area contributed by atoms with Gasteiger partial charge in [0.15, 0.2) is 0 Å². The molecule has 2 aromatic rings. The Kier molecular flexibility index (Phi) is 5.32. The van der Waals surface area contributed by atoms with Gasteiger partial charge in [0.05, 0.1) is 6.04 Å². The maximum Gasteiger partial charge on any atom is 0.244 e. The molecule has 1 aromatic carbocycles. The number of halogens is 1. The predicted octanol–water partition coefficient (Wildman–Crippen LogP) is 3.69. The van der Waals surface area contributed by atoms with Gasteiger partial charge in [0.25, 0.3) is 0 Å². The average Bonchev–Trinajstić information content (AvgIpc) is 3.06. The highest BCUT2D eigenvalue weighted by Gasteiger charge is 2.38. The number of piperidine rings is 1. The van der Waals surface area contributed by atoms with E-state index in [-0.39, 0.29) is 18.1 Å². The topological polar surface area (TPSA) is 45.7 Å². The van der Waals surface area contributed by atoms with Crippen LogP contribution in [0.25, 0.3) is 0 Å². The standard InChI is InChI=1S/C21H24ClN3O2/c1-15-14-23-9-5-20(15)27-18-6-10-24(11-7-18)19-8-12-25(21(19)26)17-4-2-3-16(22)13-17/h2-5,9,13-14,18-19H,6-8,10-12H2,1H3/t19-/m1/s1. The maximum absolute atomic E-state index is 12.9. The van der Waals surface area contributed by atoms with Crippen molar-refractivity contribution in [3.63, 3.8) is 0 Å². The SMILES string of the molecule is Cc1cnccc1OC1CCN([C@@H]2CCN(c3cccc(Cl)c3)C2=O)CC1. The summed E-state index contributed by atoms with van der Waals surface area (Å²) in [6.07, 6.45) is 6.51. The number of hydrogen-bond donors (Lipinski definition) is 0. The first-order valence-corrected chi connectivity index (χ1v) is 9.88. The fraction of sp³-hybridized carbons (Fsp3) is 0.429. The predicted molar refractivity (Wildman–Crippen MR) is 106 cm³/mol. The quantitative estimate of drug-likeness (QED) is 0.805. The van der Waals surface area contributed by atoms with Gasteiger partial charge in [-0.1, -0.05) is 17.7 Å². The van der Waals surface area contributed by atoms with E-state index < -0.39 is 0 Å². The summed E-state index contributed by atoms with van der Waals surface area (Å²) in [6, 6.07) is 9.42. The summed E-state index contributed by atoms with van der Waals surface area (Å²) in [7, 11) is 0. The number of ether oxygens (including phenoxy) is 1.